The zero-order valence-electron chi connectivity index (χ0n) is 19.5. The Hall–Kier alpha value is -1.55. The van der Waals surface area contributed by atoms with Crippen molar-refractivity contribution in [2.45, 2.75) is 70.5 Å². The standard InChI is InChI=1S/C22H35ClN4O4S/c1-15-13-27(14-16(2)31-15)20-7-6-18(12-19(20)23)24-21(28)26-10-8-17(9-11-26)25-32(29,30)22(3,4)5/h6-7,12,15-17,25H,8-11,13-14H2,1-5H3,(H,24,28)/t15-,16+. The molecule has 2 aliphatic rings. The third-order valence-electron chi connectivity index (χ3n) is 5.87. The van der Waals surface area contributed by atoms with Crippen LogP contribution in [-0.4, -0.2) is 68.5 Å². The second kappa shape index (κ2) is 9.75. The largest absolute Gasteiger partial charge is 0.372 e. The number of morpholine rings is 1. The number of benzene rings is 1. The Bertz CT molecular complexity index is 916. The van der Waals surface area contributed by atoms with Crippen molar-refractivity contribution in [1.29, 1.82) is 0 Å². The van der Waals surface area contributed by atoms with Gasteiger partial charge in [-0.05, 0) is 65.7 Å². The Morgan fingerprint density at radius 2 is 1.72 bits per heavy atom. The maximum absolute atomic E-state index is 12.7. The van der Waals surface area contributed by atoms with Crippen LogP contribution in [0.2, 0.25) is 5.02 Å². The van der Waals surface area contributed by atoms with Crippen LogP contribution in [0.5, 0.6) is 0 Å². The van der Waals surface area contributed by atoms with Crippen LogP contribution in [0.25, 0.3) is 0 Å². The number of likely N-dealkylation sites (tertiary alicyclic amines) is 1. The Kier molecular flexibility index (Phi) is 7.64. The van der Waals surface area contributed by atoms with Gasteiger partial charge < -0.3 is 19.9 Å². The van der Waals surface area contributed by atoms with E-state index < -0.39 is 14.8 Å². The Labute approximate surface area is 196 Å². The van der Waals surface area contributed by atoms with Crippen molar-refractivity contribution < 1.29 is 17.9 Å². The summed E-state index contributed by atoms with van der Waals surface area (Å²) in [5.74, 6) is 0. The molecule has 0 spiro atoms. The number of carbonyl (C=O) groups excluding carboxylic acids is 1. The number of carbonyl (C=O) groups is 1. The first-order chi connectivity index (χ1) is 14.9. The highest BCUT2D eigenvalue weighted by molar-refractivity contribution is 7.90. The minimum Gasteiger partial charge on any atom is -0.372 e. The number of amides is 2. The van der Waals surface area contributed by atoms with E-state index in [1.807, 2.05) is 26.0 Å². The molecule has 1 aromatic rings. The van der Waals surface area contributed by atoms with E-state index in [1.165, 1.54) is 0 Å². The number of nitrogens with zero attached hydrogens (tertiary/aromatic N) is 2. The van der Waals surface area contributed by atoms with Crippen molar-refractivity contribution in [2.75, 3.05) is 36.4 Å². The number of hydrogen-bond acceptors (Lipinski definition) is 5. The lowest BCUT2D eigenvalue weighted by molar-refractivity contribution is -0.00520. The lowest BCUT2D eigenvalue weighted by atomic mass is 10.1. The van der Waals surface area contributed by atoms with Gasteiger partial charge in [-0.2, -0.15) is 0 Å². The molecular weight excluding hydrogens is 452 g/mol. The summed E-state index contributed by atoms with van der Waals surface area (Å²) in [6.07, 6.45) is 1.42. The molecule has 0 unspecified atom stereocenters. The van der Waals surface area contributed by atoms with E-state index in [4.69, 9.17) is 16.3 Å². The first-order valence-corrected chi connectivity index (χ1v) is 13.0. The van der Waals surface area contributed by atoms with E-state index in [2.05, 4.69) is 14.9 Å². The number of nitrogens with one attached hydrogen (secondary N) is 2. The molecular formula is C22H35ClN4O4S. The third kappa shape index (κ3) is 6.07. The van der Waals surface area contributed by atoms with Crippen molar-refractivity contribution in [3.63, 3.8) is 0 Å². The minimum atomic E-state index is -3.40. The van der Waals surface area contributed by atoms with Crippen molar-refractivity contribution in [3.05, 3.63) is 23.2 Å². The maximum atomic E-state index is 12.7. The number of rotatable bonds is 4. The van der Waals surface area contributed by atoms with Gasteiger partial charge in [0, 0.05) is 37.9 Å². The van der Waals surface area contributed by atoms with Crippen LogP contribution in [0.4, 0.5) is 16.2 Å². The fourth-order valence-electron chi connectivity index (χ4n) is 4.01. The van der Waals surface area contributed by atoms with Crippen LogP contribution in [0.15, 0.2) is 18.2 Å². The average molecular weight is 487 g/mol. The zero-order chi connectivity index (χ0) is 23.7. The smallest absolute Gasteiger partial charge is 0.321 e. The van der Waals surface area contributed by atoms with Gasteiger partial charge in [-0.3, -0.25) is 0 Å². The number of hydrogen-bond donors (Lipinski definition) is 2. The van der Waals surface area contributed by atoms with Crippen molar-refractivity contribution in [1.82, 2.24) is 9.62 Å². The van der Waals surface area contributed by atoms with Crippen LogP contribution in [0.1, 0.15) is 47.5 Å². The molecule has 10 heteroatoms. The van der Waals surface area contributed by atoms with Gasteiger partial charge in [0.25, 0.3) is 0 Å². The highest BCUT2D eigenvalue weighted by Crippen LogP contribution is 2.31. The monoisotopic (exact) mass is 486 g/mol. The normalized spacial score (nSPS) is 23.3. The van der Waals surface area contributed by atoms with Crippen LogP contribution < -0.4 is 14.9 Å². The van der Waals surface area contributed by atoms with Crippen molar-refractivity contribution >= 4 is 39.0 Å². The van der Waals surface area contributed by atoms with Crippen LogP contribution in [0.3, 0.4) is 0 Å². The molecule has 1 aromatic carbocycles. The first-order valence-electron chi connectivity index (χ1n) is 11.1. The number of halogens is 1. The second-order valence-electron chi connectivity index (χ2n) is 9.75. The molecule has 0 aromatic heterocycles. The summed E-state index contributed by atoms with van der Waals surface area (Å²) in [6, 6.07) is 5.18. The van der Waals surface area contributed by atoms with E-state index in [9.17, 15) is 13.2 Å². The number of ether oxygens (including phenoxy) is 1. The van der Waals surface area contributed by atoms with Crippen LogP contribution in [0, 0.1) is 0 Å². The summed E-state index contributed by atoms with van der Waals surface area (Å²) in [5.41, 5.74) is 1.56. The summed E-state index contributed by atoms with van der Waals surface area (Å²) in [7, 11) is -3.40. The summed E-state index contributed by atoms with van der Waals surface area (Å²) in [4.78, 5) is 16.6. The van der Waals surface area contributed by atoms with Gasteiger partial charge >= 0.3 is 6.03 Å². The predicted octanol–water partition coefficient (Wildman–Crippen LogP) is 3.67. The molecule has 2 heterocycles. The van der Waals surface area contributed by atoms with E-state index in [1.54, 1.807) is 31.7 Å². The lowest BCUT2D eigenvalue weighted by Gasteiger charge is -2.37. The molecule has 2 atom stereocenters. The Morgan fingerprint density at radius 3 is 2.25 bits per heavy atom. The van der Waals surface area contributed by atoms with E-state index in [0.717, 1.165) is 18.8 Å². The first kappa shape index (κ1) is 25.1. The summed E-state index contributed by atoms with van der Waals surface area (Å²) in [6.45, 7) is 11.6. The molecule has 2 aliphatic heterocycles. The minimum absolute atomic E-state index is 0.130. The van der Waals surface area contributed by atoms with E-state index in [0.29, 0.717) is 36.6 Å². The molecule has 3 rings (SSSR count). The molecule has 2 amide bonds. The maximum Gasteiger partial charge on any atom is 0.321 e. The van der Waals surface area contributed by atoms with Gasteiger partial charge in [-0.15, -0.1) is 0 Å². The molecule has 0 saturated carbocycles. The van der Waals surface area contributed by atoms with Gasteiger partial charge in [0.05, 0.1) is 27.7 Å². The van der Waals surface area contributed by atoms with Crippen molar-refractivity contribution in [3.8, 4) is 0 Å². The SMILES string of the molecule is C[C@@H]1CN(c2ccc(NC(=O)N3CCC(NS(=O)(=O)C(C)(C)C)CC3)cc2Cl)C[C@H](C)O1. The Balaban J connectivity index is 1.55. The third-order valence-corrected chi connectivity index (χ3v) is 8.43. The number of anilines is 2. The van der Waals surface area contributed by atoms with Gasteiger partial charge in [0.15, 0.2) is 0 Å². The molecule has 2 saturated heterocycles. The molecule has 8 nitrogen and oxygen atoms in total. The zero-order valence-corrected chi connectivity index (χ0v) is 21.1. The number of piperidine rings is 1. The quantitative estimate of drug-likeness (QED) is 0.677. The summed E-state index contributed by atoms with van der Waals surface area (Å²) < 4.78 is 32.4. The van der Waals surface area contributed by atoms with Gasteiger partial charge in [-0.1, -0.05) is 11.6 Å². The fourth-order valence-corrected chi connectivity index (χ4v) is 5.34. The van der Waals surface area contributed by atoms with E-state index in [-0.39, 0.29) is 24.3 Å². The van der Waals surface area contributed by atoms with Crippen LogP contribution in [-0.2, 0) is 14.8 Å². The molecule has 0 aliphatic carbocycles. The molecule has 0 radical (unpaired) electrons. The molecule has 0 bridgehead atoms. The van der Waals surface area contributed by atoms with Gasteiger partial charge in [0.1, 0.15) is 0 Å². The molecule has 180 valence electrons. The second-order valence-corrected chi connectivity index (χ2v) is 12.6. The van der Waals surface area contributed by atoms with Gasteiger partial charge in [-0.25, -0.2) is 17.9 Å². The summed E-state index contributed by atoms with van der Waals surface area (Å²) in [5, 5.41) is 3.49. The number of sulfonamides is 1. The molecule has 32 heavy (non-hydrogen) atoms. The van der Waals surface area contributed by atoms with Crippen LogP contribution >= 0.6 is 11.6 Å². The predicted molar refractivity (Wildman–Crippen MR) is 129 cm³/mol. The average Bonchev–Trinajstić information content (AvgIpc) is 2.66. The summed E-state index contributed by atoms with van der Waals surface area (Å²) >= 11 is 6.53. The number of urea groups is 1. The Morgan fingerprint density at radius 1 is 1.12 bits per heavy atom. The highest BCUT2D eigenvalue weighted by atomic mass is 35.5. The topological polar surface area (TPSA) is 91.0 Å². The fraction of sp³-hybridized carbons (Fsp3) is 0.682. The molecule has 2 N–H and O–H groups in total. The molecule has 2 fully saturated rings. The van der Waals surface area contributed by atoms with Crippen molar-refractivity contribution in [2.24, 2.45) is 0 Å². The highest BCUT2D eigenvalue weighted by Gasteiger charge is 2.33. The van der Waals surface area contributed by atoms with Gasteiger partial charge in [0.2, 0.25) is 10.0 Å². The van der Waals surface area contributed by atoms with E-state index >= 15 is 0 Å². The lowest BCUT2D eigenvalue weighted by Crippen LogP contribution is -2.50.